The Hall–Kier alpha value is -0.690. The zero-order chi connectivity index (χ0) is 10.7. The van der Waals surface area contributed by atoms with Crippen molar-refractivity contribution in [2.45, 2.75) is 18.2 Å². The fraction of sp³-hybridized carbons (Fsp3) is 0.875. The lowest BCUT2D eigenvalue weighted by molar-refractivity contribution is -0.145. The van der Waals surface area contributed by atoms with Crippen LogP contribution in [0.2, 0.25) is 0 Å². The molecule has 6 heteroatoms. The number of carboxylic acids is 1. The number of rotatable bonds is 4. The first-order valence-corrected chi connectivity index (χ1v) is 4.38. The van der Waals surface area contributed by atoms with Gasteiger partial charge in [-0.3, -0.25) is 9.69 Å². The minimum Gasteiger partial charge on any atom is -0.480 e. The summed E-state index contributed by atoms with van der Waals surface area (Å²) in [5.74, 6) is -1.01. The van der Waals surface area contributed by atoms with Gasteiger partial charge in [0.25, 0.3) is 0 Å². The van der Waals surface area contributed by atoms with Crippen LogP contribution in [0.15, 0.2) is 0 Å². The summed E-state index contributed by atoms with van der Waals surface area (Å²) in [6.45, 7) is 0.387. The number of carbonyl (C=O) groups is 1. The van der Waals surface area contributed by atoms with Crippen molar-refractivity contribution in [3.05, 3.63) is 0 Å². The molecule has 0 spiro atoms. The van der Waals surface area contributed by atoms with Crippen molar-refractivity contribution in [3.63, 3.8) is 0 Å². The van der Waals surface area contributed by atoms with Crippen LogP contribution >= 0.6 is 0 Å². The van der Waals surface area contributed by atoms with Crippen molar-refractivity contribution in [1.29, 1.82) is 0 Å². The number of likely N-dealkylation sites (tertiary alicyclic amines) is 1. The zero-order valence-electron chi connectivity index (χ0n) is 7.96. The summed E-state index contributed by atoms with van der Waals surface area (Å²) >= 11 is 0. The van der Waals surface area contributed by atoms with Crippen LogP contribution in [0.3, 0.4) is 0 Å². The molecule has 1 aliphatic rings. The second-order valence-corrected chi connectivity index (χ2v) is 3.40. The number of carboxylic acid groups (broad SMARTS) is 1. The van der Waals surface area contributed by atoms with E-state index in [1.54, 1.807) is 0 Å². The number of hydrogen-bond donors (Lipinski definition) is 3. The van der Waals surface area contributed by atoms with Crippen LogP contribution in [0, 0.1) is 0 Å². The van der Waals surface area contributed by atoms with E-state index in [0.717, 1.165) is 0 Å². The Kier molecular flexibility index (Phi) is 3.82. The molecule has 0 aliphatic carbocycles. The van der Waals surface area contributed by atoms with Gasteiger partial charge in [-0.15, -0.1) is 0 Å². The van der Waals surface area contributed by atoms with Crippen molar-refractivity contribution < 1.29 is 24.9 Å². The van der Waals surface area contributed by atoms with Crippen molar-refractivity contribution in [1.82, 2.24) is 4.90 Å². The van der Waals surface area contributed by atoms with Gasteiger partial charge in [0.05, 0.1) is 18.8 Å². The second-order valence-electron chi connectivity index (χ2n) is 3.40. The average molecular weight is 205 g/mol. The molecule has 14 heavy (non-hydrogen) atoms. The molecule has 1 rings (SSSR count). The third-order valence-corrected chi connectivity index (χ3v) is 2.34. The van der Waals surface area contributed by atoms with E-state index < -0.39 is 24.2 Å². The maximum absolute atomic E-state index is 10.8. The van der Waals surface area contributed by atoms with E-state index in [9.17, 15) is 15.0 Å². The van der Waals surface area contributed by atoms with Crippen molar-refractivity contribution in [2.24, 2.45) is 0 Å². The molecule has 3 unspecified atom stereocenters. The Balaban J connectivity index is 2.57. The monoisotopic (exact) mass is 205 g/mol. The number of hydrogen-bond acceptors (Lipinski definition) is 5. The second kappa shape index (κ2) is 4.70. The summed E-state index contributed by atoms with van der Waals surface area (Å²) in [4.78, 5) is 12.3. The van der Waals surface area contributed by atoms with Gasteiger partial charge in [0.15, 0.2) is 0 Å². The Morgan fingerprint density at radius 2 is 2.00 bits per heavy atom. The van der Waals surface area contributed by atoms with Gasteiger partial charge in [-0.1, -0.05) is 0 Å². The molecule has 82 valence electrons. The number of aliphatic carboxylic acids is 1. The first-order valence-electron chi connectivity index (χ1n) is 4.38. The standard InChI is InChI=1S/C8H15NO5/c1-14-4-5(8(12)13)9-2-6(10)7(11)3-9/h5-7,10-11H,2-4H2,1H3,(H,12,13). The van der Waals surface area contributed by atoms with Crippen LogP contribution in [0.5, 0.6) is 0 Å². The predicted octanol–water partition coefficient (Wildman–Crippen LogP) is -1.88. The van der Waals surface area contributed by atoms with Crippen LogP contribution < -0.4 is 0 Å². The van der Waals surface area contributed by atoms with Gasteiger partial charge in [-0.25, -0.2) is 0 Å². The lowest BCUT2D eigenvalue weighted by Gasteiger charge is -2.22. The molecule has 0 amide bonds. The molecule has 1 fully saturated rings. The van der Waals surface area contributed by atoms with E-state index in [0.29, 0.717) is 0 Å². The predicted molar refractivity (Wildman–Crippen MR) is 46.9 cm³/mol. The summed E-state index contributed by atoms with van der Waals surface area (Å²) in [7, 11) is 1.42. The minimum absolute atomic E-state index is 0.0504. The highest BCUT2D eigenvalue weighted by atomic mass is 16.5. The van der Waals surface area contributed by atoms with E-state index in [1.165, 1.54) is 12.0 Å². The molecule has 1 heterocycles. The molecule has 1 saturated heterocycles. The number of aliphatic hydroxyl groups is 2. The number of β-amino-alcohol motifs (C(OH)–C–C–N with tert-alkyl or cyclic N) is 2. The number of nitrogens with zero attached hydrogens (tertiary/aromatic N) is 1. The Morgan fingerprint density at radius 3 is 2.36 bits per heavy atom. The van der Waals surface area contributed by atoms with E-state index in [2.05, 4.69) is 0 Å². The fourth-order valence-corrected chi connectivity index (χ4v) is 1.54. The number of ether oxygens (including phenoxy) is 1. The van der Waals surface area contributed by atoms with E-state index in [1.807, 2.05) is 0 Å². The van der Waals surface area contributed by atoms with Gasteiger partial charge in [0.2, 0.25) is 0 Å². The molecule has 0 radical (unpaired) electrons. The van der Waals surface area contributed by atoms with Crippen molar-refractivity contribution in [2.75, 3.05) is 26.8 Å². The Labute approximate surface area is 81.7 Å². The molecule has 0 saturated carbocycles. The fourth-order valence-electron chi connectivity index (χ4n) is 1.54. The SMILES string of the molecule is COCC(C(=O)O)N1CC(O)C(O)C1. The van der Waals surface area contributed by atoms with Gasteiger partial charge in [-0.05, 0) is 0 Å². The molecule has 3 atom stereocenters. The molecule has 0 aromatic carbocycles. The van der Waals surface area contributed by atoms with Crippen molar-refractivity contribution >= 4 is 5.97 Å². The lowest BCUT2D eigenvalue weighted by Crippen LogP contribution is -2.43. The van der Waals surface area contributed by atoms with Gasteiger partial charge in [-0.2, -0.15) is 0 Å². The normalized spacial score (nSPS) is 30.5. The molecule has 6 nitrogen and oxygen atoms in total. The molecule has 0 bridgehead atoms. The number of methoxy groups -OCH3 is 1. The maximum Gasteiger partial charge on any atom is 0.323 e. The molecule has 0 aromatic heterocycles. The third kappa shape index (κ3) is 2.42. The smallest absolute Gasteiger partial charge is 0.323 e. The van der Waals surface area contributed by atoms with Crippen molar-refractivity contribution in [3.8, 4) is 0 Å². The molecule has 0 aromatic rings. The summed E-state index contributed by atoms with van der Waals surface area (Å²) in [5.41, 5.74) is 0. The first-order chi connectivity index (χ1) is 6.56. The molecule has 3 N–H and O–H groups in total. The van der Waals surface area contributed by atoms with Gasteiger partial charge < -0.3 is 20.1 Å². The summed E-state index contributed by atoms with van der Waals surface area (Å²) in [6.07, 6.45) is -1.73. The van der Waals surface area contributed by atoms with E-state index >= 15 is 0 Å². The van der Waals surface area contributed by atoms with E-state index in [4.69, 9.17) is 9.84 Å². The highest BCUT2D eigenvalue weighted by Crippen LogP contribution is 2.13. The largest absolute Gasteiger partial charge is 0.480 e. The quantitative estimate of drug-likeness (QED) is 0.498. The third-order valence-electron chi connectivity index (χ3n) is 2.34. The highest BCUT2D eigenvalue weighted by Gasteiger charge is 2.36. The van der Waals surface area contributed by atoms with Gasteiger partial charge in [0, 0.05) is 20.2 Å². The summed E-state index contributed by atoms with van der Waals surface area (Å²) in [5, 5.41) is 27.3. The Bertz CT molecular complexity index is 200. The van der Waals surface area contributed by atoms with Gasteiger partial charge >= 0.3 is 5.97 Å². The van der Waals surface area contributed by atoms with Crippen LogP contribution in [-0.2, 0) is 9.53 Å². The zero-order valence-corrected chi connectivity index (χ0v) is 7.96. The van der Waals surface area contributed by atoms with Gasteiger partial charge in [0.1, 0.15) is 6.04 Å². The van der Waals surface area contributed by atoms with Crippen LogP contribution in [0.1, 0.15) is 0 Å². The lowest BCUT2D eigenvalue weighted by atomic mass is 10.3. The summed E-state index contributed by atoms with van der Waals surface area (Å²) < 4.78 is 4.76. The molecular weight excluding hydrogens is 190 g/mol. The average Bonchev–Trinajstić information content (AvgIpc) is 2.42. The number of aliphatic hydroxyl groups excluding tert-OH is 2. The summed E-state index contributed by atoms with van der Waals surface area (Å²) in [6, 6.07) is -0.799. The minimum atomic E-state index is -1.01. The Morgan fingerprint density at radius 1 is 1.50 bits per heavy atom. The topological polar surface area (TPSA) is 90.2 Å². The van der Waals surface area contributed by atoms with E-state index in [-0.39, 0.29) is 19.7 Å². The highest BCUT2D eigenvalue weighted by molar-refractivity contribution is 5.73. The van der Waals surface area contributed by atoms with Crippen LogP contribution in [-0.4, -0.2) is 71.2 Å². The maximum atomic E-state index is 10.8. The van der Waals surface area contributed by atoms with Crippen LogP contribution in [0.4, 0.5) is 0 Å². The molecule has 1 aliphatic heterocycles. The van der Waals surface area contributed by atoms with Crippen LogP contribution in [0.25, 0.3) is 0 Å². The first kappa shape index (κ1) is 11.4. The molecular formula is C8H15NO5.